The lowest BCUT2D eigenvalue weighted by molar-refractivity contribution is -0.124. The third-order valence-electron chi connectivity index (χ3n) is 4.64. The van der Waals surface area contributed by atoms with E-state index in [1.807, 2.05) is 81.4 Å². The van der Waals surface area contributed by atoms with Crippen molar-refractivity contribution in [3.05, 3.63) is 71.8 Å². The lowest BCUT2D eigenvalue weighted by Gasteiger charge is -2.25. The van der Waals surface area contributed by atoms with Gasteiger partial charge in [0.25, 0.3) is 0 Å². The third-order valence-corrected chi connectivity index (χ3v) is 4.64. The summed E-state index contributed by atoms with van der Waals surface area (Å²) in [6.07, 6.45) is 0.170. The van der Waals surface area contributed by atoms with Gasteiger partial charge in [-0.25, -0.2) is 4.79 Å². The number of alkyl carbamates (subject to hydrolysis) is 1. The second-order valence-corrected chi connectivity index (χ2v) is 6.71. The van der Waals surface area contributed by atoms with E-state index in [9.17, 15) is 9.59 Å². The lowest BCUT2D eigenvalue weighted by atomic mass is 9.97. The average molecular weight is 368 g/mol. The first-order valence-corrected chi connectivity index (χ1v) is 9.33. The van der Waals surface area contributed by atoms with E-state index >= 15 is 0 Å². The summed E-state index contributed by atoms with van der Waals surface area (Å²) in [4.78, 5) is 24.9. The predicted octanol–water partition coefficient (Wildman–Crippen LogP) is 4.20. The fraction of sp³-hybridized carbons (Fsp3) is 0.364. The number of ether oxygens (including phenoxy) is 1. The van der Waals surface area contributed by atoms with Crippen LogP contribution in [0, 0.1) is 5.92 Å². The molecule has 0 unspecified atom stereocenters. The van der Waals surface area contributed by atoms with E-state index in [4.69, 9.17) is 4.74 Å². The van der Waals surface area contributed by atoms with Crippen molar-refractivity contribution in [2.75, 3.05) is 0 Å². The van der Waals surface area contributed by atoms with Crippen LogP contribution in [0.15, 0.2) is 60.7 Å². The lowest BCUT2D eigenvalue weighted by Crippen LogP contribution is -2.50. The summed E-state index contributed by atoms with van der Waals surface area (Å²) in [5, 5.41) is 5.70. The zero-order chi connectivity index (χ0) is 19.6. The Balaban J connectivity index is 1.95. The van der Waals surface area contributed by atoms with E-state index in [1.54, 1.807) is 0 Å². The van der Waals surface area contributed by atoms with Crippen LogP contribution in [-0.4, -0.2) is 18.0 Å². The molecule has 2 N–H and O–H groups in total. The van der Waals surface area contributed by atoms with Crippen molar-refractivity contribution in [1.82, 2.24) is 10.6 Å². The highest BCUT2D eigenvalue weighted by atomic mass is 16.5. The Bertz CT molecular complexity index is 719. The largest absolute Gasteiger partial charge is 0.445 e. The van der Waals surface area contributed by atoms with Crippen molar-refractivity contribution in [2.45, 2.75) is 45.9 Å². The average Bonchev–Trinajstić information content (AvgIpc) is 2.71. The second kappa shape index (κ2) is 10.4. The summed E-state index contributed by atoms with van der Waals surface area (Å²) < 4.78 is 5.26. The van der Waals surface area contributed by atoms with E-state index in [0.717, 1.165) is 17.5 Å². The molecular weight excluding hydrogens is 340 g/mol. The highest BCUT2D eigenvalue weighted by Crippen LogP contribution is 2.14. The van der Waals surface area contributed by atoms with Gasteiger partial charge in [0, 0.05) is 0 Å². The van der Waals surface area contributed by atoms with Crippen LogP contribution in [0.3, 0.4) is 0 Å². The van der Waals surface area contributed by atoms with Crippen molar-refractivity contribution < 1.29 is 14.3 Å². The number of hydrogen-bond acceptors (Lipinski definition) is 3. The molecule has 2 amide bonds. The summed E-state index contributed by atoms with van der Waals surface area (Å²) in [5.41, 5.74) is 1.91. The number of carbonyl (C=O) groups is 2. The molecule has 0 aliphatic carbocycles. The zero-order valence-electron chi connectivity index (χ0n) is 16.1. The van der Waals surface area contributed by atoms with Crippen LogP contribution in [0.2, 0.25) is 0 Å². The van der Waals surface area contributed by atoms with Gasteiger partial charge in [-0.3, -0.25) is 4.79 Å². The minimum Gasteiger partial charge on any atom is -0.445 e. The van der Waals surface area contributed by atoms with Crippen molar-refractivity contribution in [1.29, 1.82) is 0 Å². The van der Waals surface area contributed by atoms with Crippen LogP contribution in [0.1, 0.15) is 44.4 Å². The van der Waals surface area contributed by atoms with E-state index in [-0.39, 0.29) is 24.5 Å². The molecule has 0 fully saturated rings. The standard InChI is InChI=1S/C22H28N2O3/c1-4-16(2)20(21(25)23-17(3)19-13-9-6-10-14-19)24-22(26)27-15-18-11-7-5-8-12-18/h5-14,16-17,20H,4,15H2,1-3H3,(H,23,25)(H,24,26)/t16-,17+,20+/m0/s1. The molecule has 0 radical (unpaired) electrons. The molecule has 0 spiro atoms. The van der Waals surface area contributed by atoms with Crippen molar-refractivity contribution >= 4 is 12.0 Å². The van der Waals surface area contributed by atoms with Crippen LogP contribution in [0.4, 0.5) is 4.79 Å². The van der Waals surface area contributed by atoms with Gasteiger partial charge in [0.05, 0.1) is 6.04 Å². The maximum absolute atomic E-state index is 12.8. The molecule has 2 aromatic rings. The van der Waals surface area contributed by atoms with Gasteiger partial charge in [-0.1, -0.05) is 80.9 Å². The van der Waals surface area contributed by atoms with Crippen molar-refractivity contribution in [2.24, 2.45) is 5.92 Å². The Morgan fingerprint density at radius 3 is 2.11 bits per heavy atom. The molecule has 0 aliphatic rings. The summed E-state index contributed by atoms with van der Waals surface area (Å²) in [5.74, 6) is -0.227. The number of rotatable bonds is 8. The van der Waals surface area contributed by atoms with E-state index in [1.165, 1.54) is 0 Å². The first-order chi connectivity index (χ1) is 13.0. The monoisotopic (exact) mass is 368 g/mol. The molecule has 2 rings (SSSR count). The molecular formula is C22H28N2O3. The normalized spacial score (nSPS) is 13.9. The highest BCUT2D eigenvalue weighted by Gasteiger charge is 2.27. The highest BCUT2D eigenvalue weighted by molar-refractivity contribution is 5.86. The molecule has 2 aromatic carbocycles. The number of benzene rings is 2. The second-order valence-electron chi connectivity index (χ2n) is 6.71. The molecule has 144 valence electrons. The maximum atomic E-state index is 12.8. The number of amides is 2. The molecule has 0 saturated heterocycles. The van der Waals surface area contributed by atoms with Crippen molar-refractivity contribution in [3.8, 4) is 0 Å². The number of carbonyl (C=O) groups excluding carboxylic acids is 2. The molecule has 27 heavy (non-hydrogen) atoms. The van der Waals surface area contributed by atoms with E-state index in [0.29, 0.717) is 0 Å². The van der Waals surface area contributed by atoms with Gasteiger partial charge in [0.2, 0.25) is 5.91 Å². The Kier molecular flexibility index (Phi) is 7.86. The predicted molar refractivity (Wildman–Crippen MR) is 106 cm³/mol. The van der Waals surface area contributed by atoms with Crippen LogP contribution >= 0.6 is 0 Å². The quantitative estimate of drug-likeness (QED) is 0.734. The van der Waals surface area contributed by atoms with Gasteiger partial charge in [0.1, 0.15) is 12.6 Å². The van der Waals surface area contributed by atoms with Gasteiger partial charge >= 0.3 is 6.09 Å². The summed E-state index contributed by atoms with van der Waals surface area (Å²) in [6.45, 7) is 6.02. The van der Waals surface area contributed by atoms with E-state index < -0.39 is 12.1 Å². The van der Waals surface area contributed by atoms with E-state index in [2.05, 4.69) is 10.6 Å². The summed E-state index contributed by atoms with van der Waals surface area (Å²) >= 11 is 0. The molecule has 0 aromatic heterocycles. The zero-order valence-corrected chi connectivity index (χ0v) is 16.1. The fourth-order valence-corrected chi connectivity index (χ4v) is 2.72. The fourth-order valence-electron chi connectivity index (χ4n) is 2.72. The van der Waals surface area contributed by atoms with Crippen molar-refractivity contribution in [3.63, 3.8) is 0 Å². The SMILES string of the molecule is CC[C@H](C)[C@@H](NC(=O)OCc1ccccc1)C(=O)N[C@H](C)c1ccccc1. The van der Waals surface area contributed by atoms with Crippen LogP contribution < -0.4 is 10.6 Å². The minimum absolute atomic E-state index is 0.0164. The molecule has 0 bridgehead atoms. The van der Waals surface area contributed by atoms with Gasteiger partial charge in [-0.15, -0.1) is 0 Å². The van der Waals surface area contributed by atoms with Gasteiger partial charge in [0.15, 0.2) is 0 Å². The third kappa shape index (κ3) is 6.44. The Morgan fingerprint density at radius 1 is 0.926 bits per heavy atom. The Hall–Kier alpha value is -2.82. The Labute approximate surface area is 161 Å². The van der Waals surface area contributed by atoms with Crippen LogP contribution in [-0.2, 0) is 16.1 Å². The Morgan fingerprint density at radius 2 is 1.52 bits per heavy atom. The topological polar surface area (TPSA) is 67.4 Å². The molecule has 5 heteroatoms. The van der Waals surface area contributed by atoms with Crippen LogP contribution in [0.5, 0.6) is 0 Å². The van der Waals surface area contributed by atoms with Gasteiger partial charge in [-0.05, 0) is 24.0 Å². The summed E-state index contributed by atoms with van der Waals surface area (Å²) in [6, 6.07) is 18.4. The maximum Gasteiger partial charge on any atom is 0.408 e. The number of hydrogen-bond donors (Lipinski definition) is 2. The number of nitrogens with one attached hydrogen (secondary N) is 2. The molecule has 0 aliphatic heterocycles. The molecule has 0 saturated carbocycles. The summed E-state index contributed by atoms with van der Waals surface area (Å²) in [7, 11) is 0. The molecule has 5 nitrogen and oxygen atoms in total. The minimum atomic E-state index is -0.649. The van der Waals surface area contributed by atoms with Crippen LogP contribution in [0.25, 0.3) is 0 Å². The molecule has 0 heterocycles. The van der Waals surface area contributed by atoms with Gasteiger partial charge < -0.3 is 15.4 Å². The smallest absolute Gasteiger partial charge is 0.408 e. The molecule has 3 atom stereocenters. The first kappa shape index (κ1) is 20.5. The van der Waals surface area contributed by atoms with Gasteiger partial charge in [-0.2, -0.15) is 0 Å². The first-order valence-electron chi connectivity index (χ1n) is 9.33.